The molecule has 0 heterocycles. The molecule has 0 saturated carbocycles. The lowest BCUT2D eigenvalue weighted by atomic mass is 10.1. The fourth-order valence-electron chi connectivity index (χ4n) is 1.47. The molecule has 1 aromatic rings. The van der Waals surface area contributed by atoms with Gasteiger partial charge in [0, 0.05) is 4.90 Å². The van der Waals surface area contributed by atoms with Crippen LogP contribution in [0.1, 0.15) is 30.9 Å². The molecular weight excluding hydrogens is 192 g/mol. The van der Waals surface area contributed by atoms with E-state index in [9.17, 15) is 0 Å². The van der Waals surface area contributed by atoms with Crippen molar-refractivity contribution in [1.29, 1.82) is 0 Å². The topological polar surface area (TPSA) is 9.23 Å². The van der Waals surface area contributed by atoms with Crippen LogP contribution in [0, 0.1) is 13.8 Å². The van der Waals surface area contributed by atoms with Crippen molar-refractivity contribution >= 4 is 12.6 Å². The van der Waals surface area contributed by atoms with Gasteiger partial charge in [0.05, 0.1) is 6.61 Å². The molecular formula is C12H18OS. The van der Waals surface area contributed by atoms with Crippen molar-refractivity contribution in [2.45, 2.75) is 38.5 Å². The maximum absolute atomic E-state index is 5.73. The van der Waals surface area contributed by atoms with E-state index in [1.807, 2.05) is 12.1 Å². The Hall–Kier alpha value is -0.630. The van der Waals surface area contributed by atoms with Gasteiger partial charge in [-0.3, -0.25) is 0 Å². The van der Waals surface area contributed by atoms with E-state index in [4.69, 9.17) is 4.74 Å². The number of hydrogen-bond acceptors (Lipinski definition) is 2. The first-order valence-electron chi connectivity index (χ1n) is 5.08. The van der Waals surface area contributed by atoms with E-state index in [0.29, 0.717) is 0 Å². The molecule has 0 aliphatic carbocycles. The molecule has 0 N–H and O–H groups in total. The van der Waals surface area contributed by atoms with Crippen molar-refractivity contribution in [3.05, 3.63) is 23.3 Å². The molecule has 0 amide bonds. The van der Waals surface area contributed by atoms with Gasteiger partial charge in [-0.2, -0.15) is 0 Å². The molecule has 1 nitrogen and oxygen atoms in total. The number of hydrogen-bond donors (Lipinski definition) is 1. The third kappa shape index (κ3) is 2.95. The predicted molar refractivity (Wildman–Crippen MR) is 63.6 cm³/mol. The third-order valence-electron chi connectivity index (χ3n) is 2.19. The van der Waals surface area contributed by atoms with Crippen molar-refractivity contribution < 1.29 is 4.74 Å². The number of rotatable bonds is 4. The quantitative estimate of drug-likeness (QED) is 0.588. The molecule has 0 aromatic heterocycles. The summed E-state index contributed by atoms with van der Waals surface area (Å²) in [4.78, 5) is 1.00. The maximum Gasteiger partial charge on any atom is 0.125 e. The number of benzene rings is 1. The van der Waals surface area contributed by atoms with E-state index in [1.54, 1.807) is 0 Å². The number of aryl methyl sites for hydroxylation is 2. The van der Waals surface area contributed by atoms with Gasteiger partial charge >= 0.3 is 0 Å². The van der Waals surface area contributed by atoms with Gasteiger partial charge in [-0.05, 0) is 43.5 Å². The Kier molecular flexibility index (Phi) is 4.33. The summed E-state index contributed by atoms with van der Waals surface area (Å²) in [5.74, 6) is 1.02. The van der Waals surface area contributed by atoms with Gasteiger partial charge in [0.25, 0.3) is 0 Å². The van der Waals surface area contributed by atoms with Crippen molar-refractivity contribution in [3.8, 4) is 5.75 Å². The average Bonchev–Trinajstić information content (AvgIpc) is 2.09. The predicted octanol–water partition coefficient (Wildman–Crippen LogP) is 3.77. The third-order valence-corrected chi connectivity index (χ3v) is 2.45. The number of unbranched alkanes of at least 4 members (excludes halogenated alkanes) is 1. The summed E-state index contributed by atoms with van der Waals surface area (Å²) in [6.45, 7) is 7.10. The highest BCUT2D eigenvalue weighted by Crippen LogP contribution is 2.26. The molecule has 0 radical (unpaired) electrons. The average molecular weight is 210 g/mol. The van der Waals surface area contributed by atoms with Gasteiger partial charge in [0.1, 0.15) is 5.75 Å². The molecule has 0 aliphatic heterocycles. The van der Waals surface area contributed by atoms with Crippen LogP contribution in [-0.2, 0) is 0 Å². The lowest BCUT2D eigenvalue weighted by molar-refractivity contribution is 0.305. The van der Waals surface area contributed by atoms with Crippen LogP contribution in [0.3, 0.4) is 0 Å². The van der Waals surface area contributed by atoms with Gasteiger partial charge in [-0.1, -0.05) is 13.3 Å². The van der Waals surface area contributed by atoms with Crippen molar-refractivity contribution in [1.82, 2.24) is 0 Å². The SMILES string of the molecule is CCCCOc1c(C)cc(S)cc1C. The fourth-order valence-corrected chi connectivity index (χ4v) is 1.86. The Morgan fingerprint density at radius 1 is 1.21 bits per heavy atom. The zero-order valence-corrected chi connectivity index (χ0v) is 10.0. The van der Waals surface area contributed by atoms with Gasteiger partial charge in [-0.15, -0.1) is 12.6 Å². The lowest BCUT2D eigenvalue weighted by Crippen LogP contribution is -2.00. The summed E-state index contributed by atoms with van der Waals surface area (Å²) in [6.07, 6.45) is 2.28. The second-order valence-corrected chi connectivity index (χ2v) is 4.13. The summed E-state index contributed by atoms with van der Waals surface area (Å²) >= 11 is 4.32. The summed E-state index contributed by atoms with van der Waals surface area (Å²) in [6, 6.07) is 4.08. The van der Waals surface area contributed by atoms with Crippen LogP contribution in [0.15, 0.2) is 17.0 Å². The molecule has 78 valence electrons. The van der Waals surface area contributed by atoms with E-state index < -0.39 is 0 Å². The normalized spacial score (nSPS) is 10.3. The molecule has 1 aromatic carbocycles. The Bertz CT molecular complexity index is 284. The van der Waals surface area contributed by atoms with E-state index in [2.05, 4.69) is 33.4 Å². The Balaban J connectivity index is 2.75. The smallest absolute Gasteiger partial charge is 0.125 e. The van der Waals surface area contributed by atoms with Gasteiger partial charge in [0.15, 0.2) is 0 Å². The van der Waals surface area contributed by atoms with E-state index >= 15 is 0 Å². The van der Waals surface area contributed by atoms with E-state index in [-0.39, 0.29) is 0 Å². The molecule has 2 heteroatoms. The molecule has 0 bridgehead atoms. The lowest BCUT2D eigenvalue weighted by Gasteiger charge is -2.12. The summed E-state index contributed by atoms with van der Waals surface area (Å²) in [5, 5.41) is 0. The van der Waals surface area contributed by atoms with Crippen LogP contribution in [0.5, 0.6) is 5.75 Å². The van der Waals surface area contributed by atoms with Crippen molar-refractivity contribution in [3.63, 3.8) is 0 Å². The highest BCUT2D eigenvalue weighted by Gasteiger charge is 2.04. The zero-order valence-electron chi connectivity index (χ0n) is 9.13. The van der Waals surface area contributed by atoms with Crippen molar-refractivity contribution in [2.75, 3.05) is 6.61 Å². The Labute approximate surface area is 91.9 Å². The molecule has 0 spiro atoms. The van der Waals surface area contributed by atoms with Crippen LogP contribution in [0.25, 0.3) is 0 Å². The number of ether oxygens (including phenoxy) is 1. The molecule has 0 saturated heterocycles. The Morgan fingerprint density at radius 3 is 2.29 bits per heavy atom. The zero-order chi connectivity index (χ0) is 10.6. The van der Waals surface area contributed by atoms with Gasteiger partial charge in [-0.25, -0.2) is 0 Å². The van der Waals surface area contributed by atoms with E-state index in [0.717, 1.165) is 23.7 Å². The first-order valence-corrected chi connectivity index (χ1v) is 5.53. The molecule has 0 aliphatic rings. The monoisotopic (exact) mass is 210 g/mol. The first-order chi connectivity index (χ1) is 6.65. The largest absolute Gasteiger partial charge is 0.493 e. The highest BCUT2D eigenvalue weighted by molar-refractivity contribution is 7.80. The second-order valence-electron chi connectivity index (χ2n) is 3.61. The van der Waals surface area contributed by atoms with E-state index in [1.165, 1.54) is 17.5 Å². The molecule has 0 unspecified atom stereocenters. The highest BCUT2D eigenvalue weighted by atomic mass is 32.1. The summed E-state index contributed by atoms with van der Waals surface area (Å²) < 4.78 is 5.73. The first kappa shape index (κ1) is 11.4. The van der Waals surface area contributed by atoms with Crippen LogP contribution in [0.2, 0.25) is 0 Å². The minimum atomic E-state index is 0.810. The fraction of sp³-hybridized carbons (Fsp3) is 0.500. The van der Waals surface area contributed by atoms with Crippen molar-refractivity contribution in [2.24, 2.45) is 0 Å². The molecule has 14 heavy (non-hydrogen) atoms. The molecule has 1 rings (SSSR count). The minimum Gasteiger partial charge on any atom is -0.493 e. The minimum absolute atomic E-state index is 0.810. The van der Waals surface area contributed by atoms with Crippen LogP contribution in [0.4, 0.5) is 0 Å². The molecule has 0 atom stereocenters. The standard InChI is InChI=1S/C12H18OS/c1-4-5-6-13-12-9(2)7-11(14)8-10(12)3/h7-8,14H,4-6H2,1-3H3. The van der Waals surface area contributed by atoms with Crippen LogP contribution in [-0.4, -0.2) is 6.61 Å². The maximum atomic E-state index is 5.73. The Morgan fingerprint density at radius 2 is 1.79 bits per heavy atom. The second kappa shape index (κ2) is 5.30. The molecule has 0 fully saturated rings. The van der Waals surface area contributed by atoms with Gasteiger partial charge in [0.2, 0.25) is 0 Å². The summed E-state index contributed by atoms with van der Waals surface area (Å²) in [7, 11) is 0. The number of thiol groups is 1. The van der Waals surface area contributed by atoms with Crippen LogP contribution >= 0.6 is 12.6 Å². The van der Waals surface area contributed by atoms with Gasteiger partial charge < -0.3 is 4.74 Å². The summed E-state index contributed by atoms with van der Waals surface area (Å²) in [5.41, 5.74) is 2.34. The van der Waals surface area contributed by atoms with Crippen LogP contribution < -0.4 is 4.74 Å².